The SMILES string of the molecule is CC/C=C\C/C=C\C/C=C\C/C=C\C/C=C\C/C=C\C/C=C\C/C=C\CCCCCCCCCCC(=O)OC(COC(=O)CCCCCCCCCCCCCCCCCCCCCCCCCCC/C=C\C/C=C\C/C=C\C/C=C\C/C=C\CC)COP(=O)(O)OCCN. The Kier molecular flexibility index (Phi) is 75.0. The van der Waals surface area contributed by atoms with E-state index in [1.807, 2.05) is 0 Å². The van der Waals surface area contributed by atoms with Gasteiger partial charge in [-0.1, -0.05) is 358 Å². The van der Waals surface area contributed by atoms with Crippen LogP contribution in [0.15, 0.2) is 158 Å². The number of nitrogens with two attached hydrogens (primary N) is 1. The summed E-state index contributed by atoms with van der Waals surface area (Å²) in [6.45, 7) is 3.53. The number of carbonyl (C=O) groups is 2. The first-order chi connectivity index (χ1) is 46.8. The van der Waals surface area contributed by atoms with Gasteiger partial charge in [-0.05, 0) is 122 Å². The first-order valence-electron chi connectivity index (χ1n) is 39.0. The van der Waals surface area contributed by atoms with Crippen molar-refractivity contribution >= 4 is 19.8 Å². The van der Waals surface area contributed by atoms with Crippen LogP contribution < -0.4 is 5.73 Å². The third-order valence-electron chi connectivity index (χ3n) is 16.4. The zero-order valence-corrected chi connectivity index (χ0v) is 62.0. The molecule has 9 nitrogen and oxygen atoms in total. The van der Waals surface area contributed by atoms with Crippen molar-refractivity contribution in [1.29, 1.82) is 0 Å². The maximum absolute atomic E-state index is 12.8. The van der Waals surface area contributed by atoms with E-state index in [-0.39, 0.29) is 38.6 Å². The van der Waals surface area contributed by atoms with Gasteiger partial charge >= 0.3 is 19.8 Å². The third kappa shape index (κ3) is 78.5. The topological polar surface area (TPSA) is 134 Å². The molecule has 542 valence electrons. The highest BCUT2D eigenvalue weighted by Crippen LogP contribution is 2.43. The summed E-state index contributed by atoms with van der Waals surface area (Å²) in [7, 11) is -4.41. The minimum absolute atomic E-state index is 0.0467. The number of allylic oxidation sites excluding steroid dienone is 26. The maximum Gasteiger partial charge on any atom is 0.472 e. The van der Waals surface area contributed by atoms with Crippen LogP contribution in [0.3, 0.4) is 0 Å². The van der Waals surface area contributed by atoms with Gasteiger partial charge in [0.1, 0.15) is 6.61 Å². The van der Waals surface area contributed by atoms with Crippen molar-refractivity contribution in [2.45, 2.75) is 341 Å². The maximum atomic E-state index is 12.8. The van der Waals surface area contributed by atoms with Gasteiger partial charge in [-0.2, -0.15) is 0 Å². The van der Waals surface area contributed by atoms with Crippen LogP contribution in [0.4, 0.5) is 0 Å². The molecule has 0 spiro atoms. The molecule has 10 heteroatoms. The van der Waals surface area contributed by atoms with E-state index in [1.165, 1.54) is 173 Å². The predicted octanol–water partition coefficient (Wildman–Crippen LogP) is 26.3. The molecule has 0 rings (SSSR count). The van der Waals surface area contributed by atoms with Crippen LogP contribution in [0, 0.1) is 0 Å². The highest BCUT2D eigenvalue weighted by molar-refractivity contribution is 7.47. The summed E-state index contributed by atoms with van der Waals surface area (Å²) in [6.07, 6.45) is 115. The zero-order chi connectivity index (χ0) is 68.6. The summed E-state index contributed by atoms with van der Waals surface area (Å²) in [5.74, 6) is -0.833. The minimum atomic E-state index is -4.41. The Hall–Kier alpha value is -4.37. The van der Waals surface area contributed by atoms with Crippen molar-refractivity contribution < 1.29 is 37.6 Å². The standard InChI is InChI=1S/C85H144NO8P/c1-3-5-7-9-11-13-15-17-19-21-23-25-27-29-31-33-35-37-38-39-40-41-42-43-44-46-47-49-51-53-55-57-59-61-63-65-67-69-71-73-75-77-84(87)91-81-83(82-93-95(89,90)92-80-79-86)94-85(88)78-76-74-72-70-68-66-64-62-60-58-56-54-52-50-48-45-36-34-32-30-28-26-24-22-20-18-16-14-12-10-8-6-4-2/h5-8,11-14,17-20,23-26,29-32,36,45,50,52,56,58,83H,3-4,9-10,15-16,21-22,27-28,33-35,37-44,46-49,51,53-55,57,59-82,86H2,1-2H3,(H,89,90)/b7-5-,8-6-,13-11-,14-12-,19-17-,20-18-,25-23-,26-24-,31-29-,32-30-,45-36-,52-50-,58-56-. The molecule has 0 saturated carbocycles. The second kappa shape index (κ2) is 78.6. The van der Waals surface area contributed by atoms with Crippen molar-refractivity contribution in [3.8, 4) is 0 Å². The Morgan fingerprint density at radius 1 is 0.316 bits per heavy atom. The fraction of sp³-hybridized carbons (Fsp3) is 0.671. The summed E-state index contributed by atoms with van der Waals surface area (Å²) >= 11 is 0. The molecule has 0 aliphatic carbocycles. The van der Waals surface area contributed by atoms with Crippen molar-refractivity contribution in [2.24, 2.45) is 5.73 Å². The van der Waals surface area contributed by atoms with Gasteiger partial charge in [0.2, 0.25) is 0 Å². The lowest BCUT2D eigenvalue weighted by Gasteiger charge is -2.19. The summed E-state index contributed by atoms with van der Waals surface area (Å²) in [6, 6.07) is 0. The van der Waals surface area contributed by atoms with Crippen molar-refractivity contribution in [3.63, 3.8) is 0 Å². The summed E-state index contributed by atoms with van der Waals surface area (Å²) in [5.41, 5.74) is 5.41. The predicted molar refractivity (Wildman–Crippen MR) is 413 cm³/mol. The van der Waals surface area contributed by atoms with Crippen LogP contribution in [0.25, 0.3) is 0 Å². The van der Waals surface area contributed by atoms with Gasteiger partial charge in [0.25, 0.3) is 0 Å². The van der Waals surface area contributed by atoms with Crippen molar-refractivity contribution in [2.75, 3.05) is 26.4 Å². The number of phosphoric acid groups is 1. The van der Waals surface area contributed by atoms with Crippen LogP contribution in [-0.4, -0.2) is 49.3 Å². The van der Waals surface area contributed by atoms with E-state index in [0.717, 1.165) is 128 Å². The molecule has 2 atom stereocenters. The van der Waals surface area contributed by atoms with E-state index in [9.17, 15) is 19.0 Å². The van der Waals surface area contributed by atoms with Gasteiger partial charge in [0, 0.05) is 19.4 Å². The lowest BCUT2D eigenvalue weighted by molar-refractivity contribution is -0.161. The number of hydrogen-bond acceptors (Lipinski definition) is 8. The number of unbranched alkanes of at least 4 members (excludes halogenated alkanes) is 33. The fourth-order valence-electron chi connectivity index (χ4n) is 10.7. The number of rotatable bonds is 72. The van der Waals surface area contributed by atoms with Crippen LogP contribution in [0.1, 0.15) is 335 Å². The molecule has 0 aliphatic heterocycles. The Bertz CT molecular complexity index is 2120. The monoisotopic (exact) mass is 1340 g/mol. The molecule has 0 radical (unpaired) electrons. The van der Waals surface area contributed by atoms with Gasteiger partial charge in [0.15, 0.2) is 6.10 Å². The van der Waals surface area contributed by atoms with Gasteiger partial charge in [0.05, 0.1) is 13.2 Å². The van der Waals surface area contributed by atoms with E-state index in [1.54, 1.807) is 0 Å². The average Bonchev–Trinajstić information content (AvgIpc) is 3.25. The molecule has 0 aromatic rings. The van der Waals surface area contributed by atoms with Gasteiger partial charge in [-0.25, -0.2) is 4.57 Å². The van der Waals surface area contributed by atoms with Gasteiger partial charge in [-0.3, -0.25) is 18.6 Å². The molecule has 0 aromatic carbocycles. The smallest absolute Gasteiger partial charge is 0.462 e. The highest BCUT2D eigenvalue weighted by Gasteiger charge is 2.26. The first kappa shape index (κ1) is 90.6. The quantitative estimate of drug-likeness (QED) is 0.0264. The Morgan fingerprint density at radius 3 is 0.811 bits per heavy atom. The molecule has 0 aromatic heterocycles. The molecule has 95 heavy (non-hydrogen) atoms. The molecule has 0 heterocycles. The Morgan fingerprint density at radius 2 is 0.547 bits per heavy atom. The fourth-order valence-corrected chi connectivity index (χ4v) is 11.5. The number of esters is 2. The molecule has 0 fully saturated rings. The summed E-state index contributed by atoms with van der Waals surface area (Å²) in [5, 5.41) is 0. The molecule has 2 unspecified atom stereocenters. The summed E-state index contributed by atoms with van der Waals surface area (Å²) < 4.78 is 33.2. The van der Waals surface area contributed by atoms with Gasteiger partial charge < -0.3 is 20.1 Å². The minimum Gasteiger partial charge on any atom is -0.462 e. The molecule has 3 N–H and O–H groups in total. The van der Waals surface area contributed by atoms with Gasteiger partial charge in [-0.15, -0.1) is 0 Å². The highest BCUT2D eigenvalue weighted by atomic mass is 31.2. The lowest BCUT2D eigenvalue weighted by Crippen LogP contribution is -2.29. The number of carbonyl (C=O) groups excluding carboxylic acids is 2. The lowest BCUT2D eigenvalue weighted by atomic mass is 10.0. The van der Waals surface area contributed by atoms with E-state index >= 15 is 0 Å². The second-order valence-electron chi connectivity index (χ2n) is 25.5. The van der Waals surface area contributed by atoms with E-state index in [4.69, 9.17) is 24.3 Å². The number of hydrogen-bond donors (Lipinski definition) is 2. The van der Waals surface area contributed by atoms with Crippen molar-refractivity contribution in [1.82, 2.24) is 0 Å². The second-order valence-corrected chi connectivity index (χ2v) is 26.9. The zero-order valence-electron chi connectivity index (χ0n) is 61.1. The molecule has 0 saturated heterocycles. The molecule has 0 amide bonds. The number of ether oxygens (including phenoxy) is 2. The normalized spacial score (nSPS) is 13.8. The molecular formula is C85H144NO8P. The first-order valence-corrected chi connectivity index (χ1v) is 40.5. The van der Waals surface area contributed by atoms with E-state index in [2.05, 4.69) is 172 Å². The number of phosphoric ester groups is 1. The van der Waals surface area contributed by atoms with E-state index < -0.39 is 26.5 Å². The Balaban J connectivity index is 3.85. The van der Waals surface area contributed by atoms with Crippen LogP contribution >= 0.6 is 7.82 Å². The van der Waals surface area contributed by atoms with Crippen molar-refractivity contribution in [3.05, 3.63) is 158 Å². The molecular weight excluding hydrogens is 1190 g/mol. The molecule has 0 aliphatic rings. The third-order valence-corrected chi connectivity index (χ3v) is 17.4. The largest absolute Gasteiger partial charge is 0.472 e. The van der Waals surface area contributed by atoms with Crippen LogP contribution in [0.5, 0.6) is 0 Å². The average molecular weight is 1340 g/mol. The van der Waals surface area contributed by atoms with Crippen LogP contribution in [0.2, 0.25) is 0 Å². The van der Waals surface area contributed by atoms with Crippen LogP contribution in [-0.2, 0) is 32.7 Å². The molecule has 0 bridgehead atoms. The summed E-state index contributed by atoms with van der Waals surface area (Å²) in [4.78, 5) is 35.4. The Labute approximate surface area is 585 Å². The van der Waals surface area contributed by atoms with E-state index in [0.29, 0.717) is 6.42 Å².